The lowest BCUT2D eigenvalue weighted by molar-refractivity contribution is 0.402. The van der Waals surface area contributed by atoms with Gasteiger partial charge in [0.2, 0.25) is 0 Å². The van der Waals surface area contributed by atoms with E-state index < -0.39 is 0 Å². The molecule has 0 fully saturated rings. The SMILES string of the molecule is COc1cc(NCCCCl)c(OC)cc1C. The van der Waals surface area contributed by atoms with Gasteiger partial charge in [0.1, 0.15) is 11.5 Å². The molecule has 4 heteroatoms. The summed E-state index contributed by atoms with van der Waals surface area (Å²) in [6, 6.07) is 3.91. The zero-order valence-corrected chi connectivity index (χ0v) is 10.7. The van der Waals surface area contributed by atoms with Gasteiger partial charge >= 0.3 is 0 Å². The molecule has 0 aliphatic rings. The summed E-state index contributed by atoms with van der Waals surface area (Å²) in [7, 11) is 3.32. The number of halogens is 1. The molecule has 1 N–H and O–H groups in total. The van der Waals surface area contributed by atoms with Crippen LogP contribution in [0.15, 0.2) is 12.1 Å². The summed E-state index contributed by atoms with van der Waals surface area (Å²) in [4.78, 5) is 0. The number of alkyl halides is 1. The molecule has 3 nitrogen and oxygen atoms in total. The van der Waals surface area contributed by atoms with Gasteiger partial charge in [-0.15, -0.1) is 11.6 Å². The lowest BCUT2D eigenvalue weighted by Crippen LogP contribution is -2.04. The fraction of sp³-hybridized carbons (Fsp3) is 0.500. The standard InChI is InChI=1S/C12H18ClNO2/c1-9-7-12(16-3)10(8-11(9)15-2)14-6-4-5-13/h7-8,14H,4-6H2,1-3H3. The Labute approximate surface area is 102 Å². The Morgan fingerprint density at radius 1 is 1.19 bits per heavy atom. The molecule has 0 atom stereocenters. The Hall–Kier alpha value is -1.09. The highest BCUT2D eigenvalue weighted by Crippen LogP contribution is 2.32. The van der Waals surface area contributed by atoms with Gasteiger partial charge in [0, 0.05) is 18.5 Å². The molecule has 0 spiro atoms. The van der Waals surface area contributed by atoms with Crippen LogP contribution in [-0.2, 0) is 0 Å². The van der Waals surface area contributed by atoms with Crippen molar-refractivity contribution in [2.24, 2.45) is 0 Å². The number of rotatable bonds is 6. The van der Waals surface area contributed by atoms with Crippen LogP contribution in [0, 0.1) is 6.92 Å². The number of ether oxygens (including phenoxy) is 2. The van der Waals surface area contributed by atoms with Crippen molar-refractivity contribution in [1.29, 1.82) is 0 Å². The van der Waals surface area contributed by atoms with Gasteiger partial charge in [0.05, 0.1) is 19.9 Å². The van der Waals surface area contributed by atoms with Crippen molar-refractivity contribution in [3.05, 3.63) is 17.7 Å². The summed E-state index contributed by atoms with van der Waals surface area (Å²) in [6.45, 7) is 2.82. The Balaban J connectivity index is 2.86. The smallest absolute Gasteiger partial charge is 0.142 e. The van der Waals surface area contributed by atoms with E-state index in [2.05, 4.69) is 5.32 Å². The zero-order valence-electron chi connectivity index (χ0n) is 9.97. The van der Waals surface area contributed by atoms with Crippen molar-refractivity contribution in [2.45, 2.75) is 13.3 Å². The number of benzene rings is 1. The molecule has 0 saturated carbocycles. The maximum absolute atomic E-state index is 5.63. The Kier molecular flexibility index (Phi) is 5.26. The van der Waals surface area contributed by atoms with E-state index in [1.54, 1.807) is 14.2 Å². The molecule has 90 valence electrons. The Morgan fingerprint density at radius 2 is 1.88 bits per heavy atom. The van der Waals surface area contributed by atoms with Crippen molar-refractivity contribution in [2.75, 3.05) is 32.0 Å². The highest BCUT2D eigenvalue weighted by Gasteiger charge is 2.07. The van der Waals surface area contributed by atoms with Gasteiger partial charge in [-0.05, 0) is 25.0 Å². The first-order chi connectivity index (χ1) is 7.72. The first-order valence-corrected chi connectivity index (χ1v) is 5.78. The second kappa shape index (κ2) is 6.48. The van der Waals surface area contributed by atoms with E-state index in [-0.39, 0.29) is 0 Å². The average molecular weight is 244 g/mol. The van der Waals surface area contributed by atoms with Crippen LogP contribution in [0.5, 0.6) is 11.5 Å². The van der Waals surface area contributed by atoms with E-state index >= 15 is 0 Å². The molecular weight excluding hydrogens is 226 g/mol. The minimum absolute atomic E-state index is 0.651. The van der Waals surface area contributed by atoms with Crippen LogP contribution in [-0.4, -0.2) is 26.6 Å². The fourth-order valence-corrected chi connectivity index (χ4v) is 1.61. The molecule has 0 amide bonds. The molecular formula is C12H18ClNO2. The monoisotopic (exact) mass is 243 g/mol. The molecule has 0 aromatic heterocycles. The predicted octanol–water partition coefficient (Wildman–Crippen LogP) is 3.05. The van der Waals surface area contributed by atoms with Crippen LogP contribution in [0.3, 0.4) is 0 Å². The number of aryl methyl sites for hydroxylation is 1. The highest BCUT2D eigenvalue weighted by atomic mass is 35.5. The van der Waals surface area contributed by atoms with Crippen molar-refractivity contribution in [1.82, 2.24) is 0 Å². The molecule has 1 aromatic rings. The molecule has 0 radical (unpaired) electrons. The number of methoxy groups -OCH3 is 2. The molecule has 0 aliphatic heterocycles. The number of nitrogens with one attached hydrogen (secondary N) is 1. The van der Waals surface area contributed by atoms with Gasteiger partial charge in [0.15, 0.2) is 0 Å². The van der Waals surface area contributed by atoms with Crippen molar-refractivity contribution < 1.29 is 9.47 Å². The average Bonchev–Trinajstić information content (AvgIpc) is 2.30. The summed E-state index contributed by atoms with van der Waals surface area (Å²) < 4.78 is 10.6. The Bertz CT molecular complexity index is 342. The van der Waals surface area contributed by atoms with Gasteiger partial charge < -0.3 is 14.8 Å². The molecule has 16 heavy (non-hydrogen) atoms. The second-order valence-electron chi connectivity index (χ2n) is 3.49. The third-order valence-electron chi connectivity index (χ3n) is 2.34. The second-order valence-corrected chi connectivity index (χ2v) is 3.87. The van der Waals surface area contributed by atoms with Gasteiger partial charge in [-0.3, -0.25) is 0 Å². The largest absolute Gasteiger partial charge is 0.496 e. The number of anilines is 1. The number of hydrogen-bond donors (Lipinski definition) is 1. The van der Waals surface area contributed by atoms with Crippen molar-refractivity contribution in [3.63, 3.8) is 0 Å². The summed E-state index contributed by atoms with van der Waals surface area (Å²) in [6.07, 6.45) is 0.918. The van der Waals surface area contributed by atoms with E-state index in [0.717, 1.165) is 35.7 Å². The van der Waals surface area contributed by atoms with Crippen LogP contribution < -0.4 is 14.8 Å². The van der Waals surface area contributed by atoms with E-state index in [4.69, 9.17) is 21.1 Å². The normalized spacial score (nSPS) is 10.0. The van der Waals surface area contributed by atoms with E-state index in [1.807, 2.05) is 19.1 Å². The molecule has 0 heterocycles. The van der Waals surface area contributed by atoms with Gasteiger partial charge in [-0.1, -0.05) is 0 Å². The quantitative estimate of drug-likeness (QED) is 0.615. The van der Waals surface area contributed by atoms with E-state index in [1.165, 1.54) is 0 Å². The lowest BCUT2D eigenvalue weighted by atomic mass is 10.2. The van der Waals surface area contributed by atoms with Gasteiger partial charge in [-0.25, -0.2) is 0 Å². The van der Waals surface area contributed by atoms with E-state index in [9.17, 15) is 0 Å². The first kappa shape index (κ1) is 13.0. The summed E-state index contributed by atoms with van der Waals surface area (Å²) in [5.74, 6) is 2.33. The predicted molar refractivity (Wildman–Crippen MR) is 68.1 cm³/mol. The summed E-state index contributed by atoms with van der Waals surface area (Å²) in [5.41, 5.74) is 2.00. The molecule has 1 rings (SSSR count). The highest BCUT2D eigenvalue weighted by molar-refractivity contribution is 6.17. The maximum atomic E-state index is 5.63. The van der Waals surface area contributed by atoms with Crippen LogP contribution in [0.4, 0.5) is 5.69 Å². The van der Waals surface area contributed by atoms with Gasteiger partial charge in [0.25, 0.3) is 0 Å². The third-order valence-corrected chi connectivity index (χ3v) is 2.61. The van der Waals surface area contributed by atoms with Crippen LogP contribution in [0.25, 0.3) is 0 Å². The molecule has 0 aliphatic carbocycles. The van der Waals surface area contributed by atoms with E-state index in [0.29, 0.717) is 5.88 Å². The Morgan fingerprint density at radius 3 is 2.44 bits per heavy atom. The van der Waals surface area contributed by atoms with Gasteiger partial charge in [-0.2, -0.15) is 0 Å². The summed E-state index contributed by atoms with van der Waals surface area (Å²) in [5, 5.41) is 3.28. The maximum Gasteiger partial charge on any atom is 0.142 e. The van der Waals surface area contributed by atoms with Crippen molar-refractivity contribution in [3.8, 4) is 11.5 Å². The molecule has 0 unspecified atom stereocenters. The number of hydrogen-bond acceptors (Lipinski definition) is 3. The zero-order chi connectivity index (χ0) is 12.0. The first-order valence-electron chi connectivity index (χ1n) is 5.25. The van der Waals surface area contributed by atoms with Crippen LogP contribution >= 0.6 is 11.6 Å². The van der Waals surface area contributed by atoms with Crippen molar-refractivity contribution >= 4 is 17.3 Å². The fourth-order valence-electron chi connectivity index (χ4n) is 1.48. The minimum Gasteiger partial charge on any atom is -0.496 e. The van der Waals surface area contributed by atoms with Crippen LogP contribution in [0.1, 0.15) is 12.0 Å². The summed E-state index contributed by atoms with van der Waals surface area (Å²) >= 11 is 5.63. The molecule has 0 saturated heterocycles. The minimum atomic E-state index is 0.651. The molecule has 0 bridgehead atoms. The molecule has 1 aromatic carbocycles. The lowest BCUT2D eigenvalue weighted by Gasteiger charge is -2.14. The topological polar surface area (TPSA) is 30.5 Å². The van der Waals surface area contributed by atoms with Crippen LogP contribution in [0.2, 0.25) is 0 Å². The third kappa shape index (κ3) is 3.20.